The number of nitrogens with zero attached hydrogens (tertiary/aromatic N) is 4. The predicted molar refractivity (Wildman–Crippen MR) is 148 cm³/mol. The molecule has 0 aliphatic rings. The molecule has 0 unspecified atom stereocenters. The Morgan fingerprint density at radius 3 is 2.34 bits per heavy atom. The Morgan fingerprint density at radius 2 is 1.71 bits per heavy atom. The van der Waals surface area contributed by atoms with Gasteiger partial charge < -0.3 is 9.55 Å². The fourth-order valence-corrected chi connectivity index (χ4v) is 4.16. The molecule has 0 amide bonds. The Labute approximate surface area is 225 Å². The first-order valence-electron chi connectivity index (χ1n) is 11.6. The fourth-order valence-electron chi connectivity index (χ4n) is 3.91. The number of rotatable bonds is 4. The van der Waals surface area contributed by atoms with Crippen LogP contribution in [0.5, 0.6) is 0 Å². The number of H-pyrrole nitrogens is 1. The molecule has 198 valence electrons. The van der Waals surface area contributed by atoms with Gasteiger partial charge in [-0.1, -0.05) is 68.8 Å². The number of pyridine rings is 1. The number of aromatic amines is 1. The molecule has 0 aliphatic carbocycles. The predicted octanol–water partition coefficient (Wildman–Crippen LogP) is 6.50. The smallest absolute Gasteiger partial charge is 0.261 e. The second-order valence-corrected chi connectivity index (χ2v) is 11.9. The summed E-state index contributed by atoms with van der Waals surface area (Å²) >= 11 is 6.34. The molecule has 3 aromatic heterocycles. The number of hydrogen-bond donors (Lipinski definition) is 2. The molecule has 3 heterocycles. The summed E-state index contributed by atoms with van der Waals surface area (Å²) in [5.74, 6) is -0.0777. The van der Waals surface area contributed by atoms with E-state index in [4.69, 9.17) is 26.1 Å². The lowest BCUT2D eigenvalue weighted by Crippen LogP contribution is -2.15. The molecule has 2 aromatic carbocycles. The van der Waals surface area contributed by atoms with Crippen molar-refractivity contribution in [3.05, 3.63) is 77.8 Å². The van der Waals surface area contributed by atoms with E-state index in [1.165, 1.54) is 6.07 Å². The highest BCUT2D eigenvalue weighted by molar-refractivity contribution is 7.85. The van der Waals surface area contributed by atoms with Gasteiger partial charge in [0.2, 0.25) is 0 Å². The zero-order chi connectivity index (χ0) is 27.7. The zero-order valence-electron chi connectivity index (χ0n) is 21.3. The van der Waals surface area contributed by atoms with E-state index in [2.05, 4.69) is 35.3 Å². The van der Waals surface area contributed by atoms with Crippen LogP contribution in [0.3, 0.4) is 0 Å². The summed E-state index contributed by atoms with van der Waals surface area (Å²) in [6, 6.07) is 18.2. The summed E-state index contributed by atoms with van der Waals surface area (Å²) in [7, 11) is -3.67. The molecular formula is C27H27ClFN5O3S. The van der Waals surface area contributed by atoms with Gasteiger partial charge >= 0.3 is 0 Å². The van der Waals surface area contributed by atoms with Crippen LogP contribution in [0, 0.1) is 11.2 Å². The van der Waals surface area contributed by atoms with Crippen molar-refractivity contribution >= 4 is 32.9 Å². The average molecular weight is 556 g/mol. The van der Waals surface area contributed by atoms with Gasteiger partial charge in [-0.2, -0.15) is 8.42 Å². The third kappa shape index (κ3) is 6.63. The fraction of sp³-hybridized carbons (Fsp3) is 0.222. The number of imidazole rings is 2. The normalized spacial score (nSPS) is 11.9. The van der Waals surface area contributed by atoms with E-state index in [1.54, 1.807) is 12.1 Å². The minimum Gasteiger partial charge on any atom is -0.336 e. The van der Waals surface area contributed by atoms with Crippen LogP contribution in [0.4, 0.5) is 4.39 Å². The van der Waals surface area contributed by atoms with Crippen LogP contribution in [0.15, 0.2) is 67.0 Å². The number of benzene rings is 2. The van der Waals surface area contributed by atoms with Crippen molar-refractivity contribution in [2.45, 2.75) is 27.3 Å². The van der Waals surface area contributed by atoms with Gasteiger partial charge in [-0.15, -0.1) is 0 Å². The van der Waals surface area contributed by atoms with Crippen LogP contribution < -0.4 is 0 Å². The molecule has 2 N–H and O–H groups in total. The van der Waals surface area contributed by atoms with Crippen molar-refractivity contribution in [2.75, 3.05) is 6.26 Å². The van der Waals surface area contributed by atoms with Gasteiger partial charge in [-0.05, 0) is 29.7 Å². The van der Waals surface area contributed by atoms with E-state index in [9.17, 15) is 12.8 Å². The minimum absolute atomic E-state index is 0.0727. The van der Waals surface area contributed by atoms with Crippen molar-refractivity contribution in [3.63, 3.8) is 0 Å². The van der Waals surface area contributed by atoms with Crippen molar-refractivity contribution in [1.82, 2.24) is 24.5 Å². The topological polar surface area (TPSA) is 114 Å². The number of nitrogens with one attached hydrogen (secondary N) is 1. The number of halogens is 2. The van der Waals surface area contributed by atoms with Crippen LogP contribution in [-0.4, -0.2) is 43.7 Å². The van der Waals surface area contributed by atoms with E-state index in [-0.39, 0.29) is 11.0 Å². The van der Waals surface area contributed by atoms with E-state index < -0.39 is 15.9 Å². The molecule has 0 aliphatic heterocycles. The van der Waals surface area contributed by atoms with Gasteiger partial charge in [-0.3, -0.25) is 4.55 Å². The van der Waals surface area contributed by atoms with Gasteiger partial charge in [0.15, 0.2) is 5.65 Å². The van der Waals surface area contributed by atoms with Crippen molar-refractivity contribution in [2.24, 2.45) is 5.41 Å². The Kier molecular flexibility index (Phi) is 7.68. The van der Waals surface area contributed by atoms with Gasteiger partial charge in [0.25, 0.3) is 10.1 Å². The molecule has 0 bridgehead atoms. The molecule has 11 heteroatoms. The molecule has 0 saturated carbocycles. The SMILES string of the molecule is CC(C)(C)Cn1cnc2ccc(-c3[nH]c(-c4c(F)cccc4Cl)nc3-c3ccccc3)nc21.CS(=O)(=O)O. The summed E-state index contributed by atoms with van der Waals surface area (Å²) in [5, 5.41) is 0.293. The Morgan fingerprint density at radius 1 is 1.03 bits per heavy atom. The molecule has 0 atom stereocenters. The van der Waals surface area contributed by atoms with E-state index in [1.807, 2.05) is 48.8 Å². The maximum Gasteiger partial charge on any atom is 0.261 e. The number of fused-ring (bicyclic) bond motifs is 1. The second kappa shape index (κ2) is 10.6. The highest BCUT2D eigenvalue weighted by atomic mass is 35.5. The van der Waals surface area contributed by atoms with E-state index in [0.717, 1.165) is 23.3 Å². The molecule has 0 spiro atoms. The van der Waals surface area contributed by atoms with Crippen LogP contribution in [-0.2, 0) is 16.7 Å². The molecule has 0 fully saturated rings. The summed E-state index contributed by atoms with van der Waals surface area (Å²) in [6.45, 7) is 7.31. The summed E-state index contributed by atoms with van der Waals surface area (Å²) in [6.07, 6.45) is 2.54. The maximum absolute atomic E-state index is 14.7. The van der Waals surface area contributed by atoms with E-state index >= 15 is 0 Å². The minimum atomic E-state index is -3.67. The monoisotopic (exact) mass is 555 g/mol. The molecule has 5 aromatic rings. The van der Waals surface area contributed by atoms with Crippen molar-refractivity contribution in [1.29, 1.82) is 0 Å². The Balaban J connectivity index is 0.000000617. The van der Waals surface area contributed by atoms with Gasteiger partial charge in [0.05, 0.1) is 40.3 Å². The lowest BCUT2D eigenvalue weighted by molar-refractivity contribution is 0.347. The second-order valence-electron chi connectivity index (χ2n) is 9.98. The largest absolute Gasteiger partial charge is 0.336 e. The van der Waals surface area contributed by atoms with Crippen molar-refractivity contribution in [3.8, 4) is 34.0 Å². The van der Waals surface area contributed by atoms with Crippen LogP contribution in [0.2, 0.25) is 5.02 Å². The Bertz CT molecular complexity index is 1670. The summed E-state index contributed by atoms with van der Waals surface area (Å²) in [5.41, 5.74) is 4.89. The Hall–Kier alpha value is -3.60. The summed E-state index contributed by atoms with van der Waals surface area (Å²) in [4.78, 5) is 17.5. The van der Waals surface area contributed by atoms with Crippen LogP contribution >= 0.6 is 11.6 Å². The number of hydrogen-bond acceptors (Lipinski definition) is 5. The van der Waals surface area contributed by atoms with E-state index in [0.29, 0.717) is 34.2 Å². The highest BCUT2D eigenvalue weighted by Crippen LogP contribution is 2.36. The molecule has 0 radical (unpaired) electrons. The number of aromatic nitrogens is 5. The maximum atomic E-state index is 14.7. The third-order valence-electron chi connectivity index (χ3n) is 5.31. The lowest BCUT2D eigenvalue weighted by atomic mass is 9.97. The van der Waals surface area contributed by atoms with Crippen LogP contribution in [0.1, 0.15) is 20.8 Å². The van der Waals surface area contributed by atoms with Crippen molar-refractivity contribution < 1.29 is 17.4 Å². The van der Waals surface area contributed by atoms with Gasteiger partial charge in [0.1, 0.15) is 17.2 Å². The molecule has 8 nitrogen and oxygen atoms in total. The van der Waals surface area contributed by atoms with Crippen LogP contribution in [0.25, 0.3) is 45.2 Å². The molecule has 0 saturated heterocycles. The first-order valence-corrected chi connectivity index (χ1v) is 13.9. The lowest BCUT2D eigenvalue weighted by Gasteiger charge is -2.18. The highest BCUT2D eigenvalue weighted by Gasteiger charge is 2.21. The standard InChI is InChI=1S/C26H23ClFN5.CH4O3S/c1-26(2,3)14-33-15-29-20-13-12-19(30-25(20)33)23-22(16-8-5-4-6-9-16)31-24(32-23)21-17(27)10-7-11-18(21)28;1-5(2,3)4/h4-13,15H,14H2,1-3H3,(H,31,32);1H3,(H,2,3,4). The molecule has 38 heavy (non-hydrogen) atoms. The molecular weight excluding hydrogens is 529 g/mol. The first-order chi connectivity index (χ1) is 17.8. The average Bonchev–Trinajstić information content (AvgIpc) is 3.42. The quantitative estimate of drug-likeness (QED) is 0.245. The summed E-state index contributed by atoms with van der Waals surface area (Å²) < 4.78 is 42.6. The zero-order valence-corrected chi connectivity index (χ0v) is 22.8. The third-order valence-corrected chi connectivity index (χ3v) is 5.63. The molecule has 5 rings (SSSR count). The van der Waals surface area contributed by atoms with Gasteiger partial charge in [-0.25, -0.2) is 19.3 Å². The first kappa shape index (κ1) is 27.4. The van der Waals surface area contributed by atoms with Gasteiger partial charge in [0, 0.05) is 12.1 Å².